The van der Waals surface area contributed by atoms with E-state index in [1.165, 1.54) is 5.69 Å². The fourth-order valence-electron chi connectivity index (χ4n) is 3.85. The number of aromatic nitrogens is 3. The Bertz CT molecular complexity index is 1010. The van der Waals surface area contributed by atoms with E-state index in [2.05, 4.69) is 54.0 Å². The number of nitrogens with zero attached hydrogens (tertiary/aromatic N) is 4. The molecule has 3 aromatic rings. The molecule has 2 aromatic heterocycles. The third kappa shape index (κ3) is 3.46. The Balaban J connectivity index is 1.68. The van der Waals surface area contributed by atoms with Crippen LogP contribution in [0.5, 0.6) is 0 Å². The summed E-state index contributed by atoms with van der Waals surface area (Å²) in [6.07, 6.45) is 4.05. The molecule has 1 aliphatic rings. The number of fused-ring (bicyclic) bond motifs is 1. The number of hydrogen-bond donors (Lipinski definition) is 0. The highest BCUT2D eigenvalue weighted by molar-refractivity contribution is 5.91. The molecular formula is C22H26N4O. The van der Waals surface area contributed by atoms with Gasteiger partial charge in [-0.1, -0.05) is 39.0 Å². The van der Waals surface area contributed by atoms with Crippen molar-refractivity contribution in [2.75, 3.05) is 11.4 Å². The van der Waals surface area contributed by atoms with Crippen molar-refractivity contribution in [3.8, 4) is 0 Å². The van der Waals surface area contributed by atoms with E-state index in [-0.39, 0.29) is 17.0 Å². The van der Waals surface area contributed by atoms with Crippen LogP contribution in [0, 0.1) is 0 Å². The molecule has 1 unspecified atom stereocenters. The van der Waals surface area contributed by atoms with Crippen LogP contribution in [-0.4, -0.2) is 27.4 Å². The lowest BCUT2D eigenvalue weighted by Crippen LogP contribution is -2.38. The molecule has 0 saturated carbocycles. The van der Waals surface area contributed by atoms with Crippen LogP contribution >= 0.6 is 0 Å². The zero-order valence-corrected chi connectivity index (χ0v) is 16.2. The molecule has 0 spiro atoms. The van der Waals surface area contributed by atoms with Crippen molar-refractivity contribution in [3.05, 3.63) is 64.7 Å². The number of pyridine rings is 1. The molecular weight excluding hydrogens is 336 g/mol. The fraction of sp³-hybridized carbons (Fsp3) is 0.409. The van der Waals surface area contributed by atoms with Crippen LogP contribution in [0.4, 0.5) is 5.69 Å². The first-order chi connectivity index (χ1) is 12.9. The summed E-state index contributed by atoms with van der Waals surface area (Å²) < 4.78 is 1.65. The van der Waals surface area contributed by atoms with Crippen molar-refractivity contribution in [1.82, 2.24) is 14.8 Å². The van der Waals surface area contributed by atoms with Crippen LogP contribution in [0.25, 0.3) is 10.9 Å². The molecule has 1 aromatic carbocycles. The number of hydrogen-bond acceptors (Lipinski definition) is 4. The van der Waals surface area contributed by atoms with E-state index < -0.39 is 0 Å². The molecule has 1 fully saturated rings. The molecule has 0 bridgehead atoms. The highest BCUT2D eigenvalue weighted by atomic mass is 16.1. The maximum atomic E-state index is 12.4. The Hall–Kier alpha value is -2.69. The van der Waals surface area contributed by atoms with Crippen molar-refractivity contribution >= 4 is 16.6 Å². The first-order valence-corrected chi connectivity index (χ1v) is 9.62. The van der Waals surface area contributed by atoms with Crippen LogP contribution in [0.3, 0.4) is 0 Å². The third-order valence-electron chi connectivity index (χ3n) is 5.33. The van der Waals surface area contributed by atoms with Gasteiger partial charge in [-0.15, -0.1) is 0 Å². The molecule has 0 radical (unpaired) electrons. The normalized spacial score (nSPS) is 17.6. The van der Waals surface area contributed by atoms with Gasteiger partial charge in [-0.25, -0.2) is 4.68 Å². The van der Waals surface area contributed by atoms with Gasteiger partial charge in [0, 0.05) is 41.3 Å². The molecule has 27 heavy (non-hydrogen) atoms. The largest absolute Gasteiger partial charge is 0.366 e. The van der Waals surface area contributed by atoms with Gasteiger partial charge in [0.1, 0.15) is 0 Å². The van der Waals surface area contributed by atoms with Gasteiger partial charge in [-0.05, 0) is 31.0 Å². The Kier molecular flexibility index (Phi) is 4.46. The molecule has 4 rings (SSSR count). The van der Waals surface area contributed by atoms with Gasteiger partial charge >= 0.3 is 0 Å². The van der Waals surface area contributed by atoms with Crippen LogP contribution in [0.2, 0.25) is 0 Å². The third-order valence-corrected chi connectivity index (χ3v) is 5.33. The minimum absolute atomic E-state index is 0.0329. The highest BCUT2D eigenvalue weighted by Gasteiger charge is 2.27. The van der Waals surface area contributed by atoms with Crippen molar-refractivity contribution in [2.45, 2.75) is 51.6 Å². The Labute approximate surface area is 159 Å². The predicted octanol–water partition coefficient (Wildman–Crippen LogP) is 3.76. The van der Waals surface area contributed by atoms with Gasteiger partial charge in [0.2, 0.25) is 0 Å². The van der Waals surface area contributed by atoms with Crippen LogP contribution < -0.4 is 10.5 Å². The Morgan fingerprint density at radius 2 is 1.93 bits per heavy atom. The minimum atomic E-state index is -0.0773. The monoisotopic (exact) mass is 362 g/mol. The lowest BCUT2D eigenvalue weighted by atomic mass is 9.92. The second kappa shape index (κ2) is 6.80. The molecule has 0 aliphatic carbocycles. The van der Waals surface area contributed by atoms with E-state index in [9.17, 15) is 4.79 Å². The lowest BCUT2D eigenvalue weighted by Gasteiger charge is -2.28. The van der Waals surface area contributed by atoms with Crippen LogP contribution in [0.1, 0.15) is 39.3 Å². The van der Waals surface area contributed by atoms with Gasteiger partial charge < -0.3 is 4.90 Å². The predicted molar refractivity (Wildman–Crippen MR) is 109 cm³/mol. The fourth-order valence-corrected chi connectivity index (χ4v) is 3.85. The Morgan fingerprint density at radius 3 is 2.74 bits per heavy atom. The van der Waals surface area contributed by atoms with E-state index >= 15 is 0 Å². The molecule has 5 heteroatoms. The molecule has 5 nitrogen and oxygen atoms in total. The van der Waals surface area contributed by atoms with E-state index in [0.717, 1.165) is 36.0 Å². The first kappa shape index (κ1) is 17.7. The summed E-state index contributed by atoms with van der Waals surface area (Å²) in [7, 11) is 0. The second-order valence-electron chi connectivity index (χ2n) is 8.33. The summed E-state index contributed by atoms with van der Waals surface area (Å²) in [4.78, 5) is 19.3. The highest BCUT2D eigenvalue weighted by Crippen LogP contribution is 2.31. The van der Waals surface area contributed by atoms with Gasteiger partial charge in [-0.3, -0.25) is 9.78 Å². The molecule has 1 atom stereocenters. The van der Waals surface area contributed by atoms with E-state index in [4.69, 9.17) is 0 Å². The topological polar surface area (TPSA) is 51.0 Å². The summed E-state index contributed by atoms with van der Waals surface area (Å²) in [6, 6.07) is 14.1. The molecule has 140 valence electrons. The quantitative estimate of drug-likeness (QED) is 0.712. The number of para-hydroxylation sites is 1. The summed E-state index contributed by atoms with van der Waals surface area (Å²) in [5, 5.41) is 5.83. The Morgan fingerprint density at radius 1 is 1.11 bits per heavy atom. The lowest BCUT2D eigenvalue weighted by molar-refractivity contribution is 0.458. The molecule has 0 N–H and O–H groups in total. The number of anilines is 1. The summed E-state index contributed by atoms with van der Waals surface area (Å²) in [5.74, 6) is 0. The van der Waals surface area contributed by atoms with Gasteiger partial charge in [0.05, 0.1) is 17.8 Å². The average molecular weight is 362 g/mol. The van der Waals surface area contributed by atoms with Gasteiger partial charge in [0.15, 0.2) is 0 Å². The van der Waals surface area contributed by atoms with Crippen molar-refractivity contribution in [1.29, 1.82) is 0 Å². The second-order valence-corrected chi connectivity index (χ2v) is 8.33. The van der Waals surface area contributed by atoms with Crippen molar-refractivity contribution in [3.63, 3.8) is 0 Å². The van der Waals surface area contributed by atoms with E-state index in [1.54, 1.807) is 10.7 Å². The summed E-state index contributed by atoms with van der Waals surface area (Å²) in [5.41, 5.74) is 3.04. The van der Waals surface area contributed by atoms with Gasteiger partial charge in [-0.2, -0.15) is 5.10 Å². The molecule has 0 amide bonds. The average Bonchev–Trinajstić information content (AvgIpc) is 3.10. The number of rotatable bonds is 3. The molecule has 1 saturated heterocycles. The zero-order chi connectivity index (χ0) is 19.0. The van der Waals surface area contributed by atoms with Crippen LogP contribution in [0.15, 0.2) is 53.5 Å². The number of benzene rings is 1. The van der Waals surface area contributed by atoms with Gasteiger partial charge in [0.25, 0.3) is 5.56 Å². The standard InChI is InChI=1S/C22H26N4O/c1-22(2,3)20-10-11-21(27)26(24-20)15-16-7-6-14-25(16)19-12-13-23-18-9-5-4-8-17(18)19/h4-5,8-13,16H,6-7,14-15H2,1-3H3. The summed E-state index contributed by atoms with van der Waals surface area (Å²) in [6.45, 7) is 7.96. The van der Waals surface area contributed by atoms with E-state index in [0.29, 0.717) is 6.54 Å². The molecule has 1 aliphatic heterocycles. The summed E-state index contributed by atoms with van der Waals surface area (Å²) >= 11 is 0. The zero-order valence-electron chi connectivity index (χ0n) is 16.2. The maximum absolute atomic E-state index is 12.4. The smallest absolute Gasteiger partial charge is 0.266 e. The maximum Gasteiger partial charge on any atom is 0.266 e. The van der Waals surface area contributed by atoms with Crippen molar-refractivity contribution < 1.29 is 0 Å². The van der Waals surface area contributed by atoms with Crippen molar-refractivity contribution in [2.24, 2.45) is 0 Å². The van der Waals surface area contributed by atoms with Crippen LogP contribution in [-0.2, 0) is 12.0 Å². The van der Waals surface area contributed by atoms with E-state index in [1.807, 2.05) is 24.4 Å². The SMILES string of the molecule is CC(C)(C)c1ccc(=O)n(CC2CCCN2c2ccnc3ccccc23)n1. The minimum Gasteiger partial charge on any atom is -0.366 e. The first-order valence-electron chi connectivity index (χ1n) is 9.62. The molecule has 3 heterocycles.